The maximum absolute atomic E-state index is 13.8. The SMILES string of the molecule is CN(C)CCNC(=O)c1ccc(NCCNCCNCCN2C(=O)c3cccc4cccc(c34)C2=O)c2c(=O)c3cc([N+](=O)[O-])ccc3[nH]c12.Cl.Cl.Cl. The number of non-ortho nitro benzene ring substituents is 1. The van der Waals surface area contributed by atoms with Crippen molar-refractivity contribution in [2.75, 3.05) is 71.8 Å². The lowest BCUT2D eigenvalue weighted by Gasteiger charge is -2.27. The molecule has 0 fully saturated rings. The number of likely N-dealkylation sites (N-methyl/N-ethyl adjacent to an activating group) is 1. The van der Waals surface area contributed by atoms with E-state index < -0.39 is 10.4 Å². The molecule has 0 unspecified atom stereocenters. The van der Waals surface area contributed by atoms with Crippen LogP contribution in [0.25, 0.3) is 32.6 Å². The zero-order valence-electron chi connectivity index (χ0n) is 29.0. The first-order chi connectivity index (χ1) is 24.2. The number of halogens is 3. The smallest absolute Gasteiger partial charge is 0.270 e. The van der Waals surface area contributed by atoms with E-state index in [1.54, 1.807) is 24.3 Å². The van der Waals surface area contributed by atoms with Crippen LogP contribution in [0.15, 0.2) is 71.5 Å². The second-order valence-electron chi connectivity index (χ2n) is 12.3. The Labute approximate surface area is 323 Å². The average molecular weight is 788 g/mol. The highest BCUT2D eigenvalue weighted by atomic mass is 35.5. The minimum atomic E-state index is -0.552. The van der Waals surface area contributed by atoms with E-state index in [1.165, 1.54) is 23.1 Å². The van der Waals surface area contributed by atoms with Gasteiger partial charge in [0.15, 0.2) is 5.43 Å². The minimum absolute atomic E-state index is 0. The zero-order chi connectivity index (χ0) is 35.4. The standard InChI is InChI=1S/C36H38N8O6.3ClH/c1-42(2)19-18-40-34(46)26-10-12-29(31-32(26)41-28-11-9-23(44(49)50)21-27(28)33(31)45)39-16-15-37-13-14-38-17-20-43-35(47)24-7-3-5-22-6-4-8-25(30(22)24)36(43)48;;;/h3-12,21,37-39H,13-20H2,1-2H3,(H,40,46)(H,41,45);3*1H. The van der Waals surface area contributed by atoms with Crippen LogP contribution >= 0.6 is 37.2 Å². The molecule has 5 N–H and O–H groups in total. The van der Waals surface area contributed by atoms with Gasteiger partial charge in [0.2, 0.25) is 0 Å². The second-order valence-corrected chi connectivity index (χ2v) is 12.3. The molecule has 2 heterocycles. The number of H-pyrrole nitrogens is 1. The van der Waals surface area contributed by atoms with Gasteiger partial charge in [-0.3, -0.25) is 34.2 Å². The van der Waals surface area contributed by atoms with Crippen molar-refractivity contribution in [1.29, 1.82) is 0 Å². The van der Waals surface area contributed by atoms with Gasteiger partial charge >= 0.3 is 0 Å². The Bertz CT molecular complexity index is 2160. The van der Waals surface area contributed by atoms with Crippen molar-refractivity contribution < 1.29 is 19.3 Å². The number of rotatable bonds is 15. The summed E-state index contributed by atoms with van der Waals surface area (Å²) in [5.74, 6) is -0.924. The van der Waals surface area contributed by atoms with E-state index in [9.17, 15) is 29.3 Å². The van der Waals surface area contributed by atoms with Crippen molar-refractivity contribution in [3.8, 4) is 0 Å². The second kappa shape index (κ2) is 18.8. The summed E-state index contributed by atoms with van der Waals surface area (Å²) < 4.78 is 0. The van der Waals surface area contributed by atoms with Crippen LogP contribution in [0.3, 0.4) is 0 Å². The number of carbonyl (C=O) groups is 3. The molecule has 0 aliphatic carbocycles. The first kappa shape index (κ1) is 42.6. The molecule has 282 valence electrons. The van der Waals surface area contributed by atoms with E-state index >= 15 is 0 Å². The number of fused-ring (bicyclic) bond motifs is 2. The molecule has 1 aliphatic rings. The molecule has 53 heavy (non-hydrogen) atoms. The summed E-state index contributed by atoms with van der Waals surface area (Å²) in [7, 11) is 3.80. The van der Waals surface area contributed by atoms with Gasteiger partial charge in [-0.05, 0) is 49.8 Å². The summed E-state index contributed by atoms with van der Waals surface area (Å²) in [6.07, 6.45) is 0. The lowest BCUT2D eigenvalue weighted by Crippen LogP contribution is -2.44. The maximum Gasteiger partial charge on any atom is 0.270 e. The van der Waals surface area contributed by atoms with Crippen molar-refractivity contribution >= 4 is 98.9 Å². The molecule has 3 amide bonds. The van der Waals surface area contributed by atoms with Crippen LogP contribution in [0.1, 0.15) is 31.1 Å². The van der Waals surface area contributed by atoms with Crippen LogP contribution in [0, 0.1) is 10.1 Å². The number of amides is 3. The molecular formula is C36H41Cl3N8O6. The van der Waals surface area contributed by atoms with Gasteiger partial charge in [-0.15, -0.1) is 37.2 Å². The van der Waals surface area contributed by atoms with Gasteiger partial charge in [-0.25, -0.2) is 0 Å². The third kappa shape index (κ3) is 9.04. The Morgan fingerprint density at radius 3 is 2.09 bits per heavy atom. The molecule has 14 nitrogen and oxygen atoms in total. The molecule has 0 saturated heterocycles. The van der Waals surface area contributed by atoms with Crippen LogP contribution in [0.4, 0.5) is 11.4 Å². The normalized spacial score (nSPS) is 12.0. The minimum Gasteiger partial charge on any atom is -0.383 e. The van der Waals surface area contributed by atoms with Gasteiger partial charge in [-0.1, -0.05) is 24.3 Å². The number of nitro benzene ring substituents is 1. The predicted octanol–water partition coefficient (Wildman–Crippen LogP) is 4.19. The molecule has 1 aromatic heterocycles. The molecule has 6 rings (SSSR count). The van der Waals surface area contributed by atoms with Gasteiger partial charge < -0.3 is 31.2 Å². The number of nitro groups is 1. The molecule has 4 aromatic carbocycles. The molecule has 0 spiro atoms. The average Bonchev–Trinajstić information content (AvgIpc) is 3.10. The Balaban J connectivity index is 0.00000252. The van der Waals surface area contributed by atoms with Crippen molar-refractivity contribution in [2.45, 2.75) is 0 Å². The highest BCUT2D eigenvalue weighted by Gasteiger charge is 2.32. The first-order valence-electron chi connectivity index (χ1n) is 16.4. The molecule has 17 heteroatoms. The van der Waals surface area contributed by atoms with E-state index in [2.05, 4.69) is 26.3 Å². The summed E-state index contributed by atoms with van der Waals surface area (Å²) in [6, 6.07) is 18.3. The largest absolute Gasteiger partial charge is 0.383 e. The van der Waals surface area contributed by atoms with E-state index in [0.717, 1.165) is 5.39 Å². The quantitative estimate of drug-likeness (QED) is 0.0340. The zero-order valence-corrected chi connectivity index (χ0v) is 31.5. The van der Waals surface area contributed by atoms with Crippen LogP contribution in [0.5, 0.6) is 0 Å². The van der Waals surface area contributed by atoms with E-state index in [-0.39, 0.29) is 77.9 Å². The van der Waals surface area contributed by atoms with E-state index in [1.807, 2.05) is 43.3 Å². The topological polar surface area (TPSA) is 182 Å². The third-order valence-electron chi connectivity index (χ3n) is 8.70. The number of hydrogen-bond donors (Lipinski definition) is 5. The number of benzene rings is 4. The van der Waals surface area contributed by atoms with Crippen LogP contribution in [0.2, 0.25) is 0 Å². The van der Waals surface area contributed by atoms with E-state index in [0.29, 0.717) is 84.6 Å². The number of nitrogens with one attached hydrogen (secondary N) is 5. The number of imide groups is 1. The highest BCUT2D eigenvalue weighted by Crippen LogP contribution is 2.30. The summed E-state index contributed by atoms with van der Waals surface area (Å²) in [5, 5.41) is 26.1. The third-order valence-corrected chi connectivity index (χ3v) is 8.70. The number of anilines is 1. The van der Waals surface area contributed by atoms with Gasteiger partial charge in [0.1, 0.15) is 0 Å². The summed E-state index contributed by atoms with van der Waals surface area (Å²) in [6.45, 7) is 3.91. The number of pyridine rings is 1. The Kier molecular flexibility index (Phi) is 15.1. The maximum atomic E-state index is 13.8. The molecule has 1 aliphatic heterocycles. The van der Waals surface area contributed by atoms with Gasteiger partial charge in [0.05, 0.1) is 32.3 Å². The summed E-state index contributed by atoms with van der Waals surface area (Å²) in [4.78, 5) is 70.3. The summed E-state index contributed by atoms with van der Waals surface area (Å²) >= 11 is 0. The number of carbonyl (C=O) groups excluding carboxylic acids is 3. The van der Waals surface area contributed by atoms with Crippen LogP contribution < -0.4 is 26.7 Å². The van der Waals surface area contributed by atoms with Crippen LogP contribution in [-0.2, 0) is 0 Å². The van der Waals surface area contributed by atoms with Crippen molar-refractivity contribution in [3.05, 3.63) is 104 Å². The van der Waals surface area contributed by atoms with Gasteiger partial charge in [-0.2, -0.15) is 0 Å². The molecule has 0 atom stereocenters. The van der Waals surface area contributed by atoms with Crippen molar-refractivity contribution in [3.63, 3.8) is 0 Å². The Morgan fingerprint density at radius 1 is 0.811 bits per heavy atom. The Hall–Kier alpha value is -4.83. The van der Waals surface area contributed by atoms with E-state index in [4.69, 9.17) is 0 Å². The van der Waals surface area contributed by atoms with Crippen molar-refractivity contribution in [1.82, 2.24) is 30.7 Å². The molecule has 0 bridgehead atoms. The van der Waals surface area contributed by atoms with Gasteiger partial charge in [0.25, 0.3) is 23.4 Å². The lowest BCUT2D eigenvalue weighted by molar-refractivity contribution is -0.384. The van der Waals surface area contributed by atoms with Crippen LogP contribution in [-0.4, -0.2) is 104 Å². The number of nitrogens with zero attached hydrogens (tertiary/aromatic N) is 3. The first-order valence-corrected chi connectivity index (χ1v) is 16.4. The molecule has 0 radical (unpaired) electrons. The molecule has 5 aromatic rings. The monoisotopic (exact) mass is 786 g/mol. The summed E-state index contributed by atoms with van der Waals surface area (Å²) in [5.41, 5.74) is 1.95. The van der Waals surface area contributed by atoms with Crippen molar-refractivity contribution in [2.24, 2.45) is 0 Å². The fourth-order valence-electron chi connectivity index (χ4n) is 6.19. The number of aromatic amines is 1. The fraction of sp³-hybridized carbons (Fsp3) is 0.278. The molecular weight excluding hydrogens is 747 g/mol. The lowest BCUT2D eigenvalue weighted by atomic mass is 9.94. The number of aromatic nitrogens is 1. The fourth-order valence-corrected chi connectivity index (χ4v) is 6.19. The molecule has 0 saturated carbocycles. The van der Waals surface area contributed by atoms with Gasteiger partial charge in [0, 0.05) is 86.7 Å². The highest BCUT2D eigenvalue weighted by molar-refractivity contribution is 6.25. The predicted molar refractivity (Wildman–Crippen MR) is 215 cm³/mol. The Morgan fingerprint density at radius 2 is 1.45 bits per heavy atom. The number of hydrogen-bond acceptors (Lipinski definition) is 10.